The molecule has 50 valence electrons. The lowest BCUT2D eigenvalue weighted by Gasteiger charge is -2.17. The van der Waals surface area contributed by atoms with Gasteiger partial charge in [0.05, 0.1) is 11.8 Å². The van der Waals surface area contributed by atoms with E-state index in [9.17, 15) is 4.91 Å². The Labute approximate surface area is 54.3 Å². The van der Waals surface area contributed by atoms with Crippen molar-refractivity contribution in [3.05, 3.63) is 16.6 Å². The van der Waals surface area contributed by atoms with Gasteiger partial charge in [0, 0.05) is 6.54 Å². The number of hydrogen-bond donors (Lipinski definition) is 0. The van der Waals surface area contributed by atoms with Gasteiger partial charge in [0.25, 0.3) is 0 Å². The molecule has 0 N–H and O–H groups in total. The Kier molecular flexibility index (Phi) is 1.82. The van der Waals surface area contributed by atoms with E-state index >= 15 is 0 Å². The predicted molar refractivity (Wildman–Crippen MR) is 35.7 cm³/mol. The molecule has 0 aromatic heterocycles. The first-order valence-electron chi connectivity index (χ1n) is 3.07. The van der Waals surface area contributed by atoms with Gasteiger partial charge in [-0.1, -0.05) is 11.6 Å². The second kappa shape index (κ2) is 2.62. The zero-order valence-electron chi connectivity index (χ0n) is 5.50. The Morgan fingerprint density at radius 2 is 2.56 bits per heavy atom. The molecule has 0 aromatic carbocycles. The highest BCUT2D eigenvalue weighted by atomic mass is 16.3. The van der Waals surface area contributed by atoms with Crippen LogP contribution in [0.1, 0.15) is 13.3 Å². The fourth-order valence-electron chi connectivity index (χ4n) is 0.834. The molecular formula is C6H10N2O. The normalized spacial score (nSPS) is 19.2. The van der Waals surface area contributed by atoms with Crippen LogP contribution in [-0.4, -0.2) is 18.1 Å². The van der Waals surface area contributed by atoms with Gasteiger partial charge in [-0.15, -0.1) is 4.91 Å². The monoisotopic (exact) mass is 126 g/mol. The third kappa shape index (κ3) is 1.52. The highest BCUT2D eigenvalue weighted by Gasteiger charge is 2.05. The highest BCUT2D eigenvalue weighted by Crippen LogP contribution is 2.08. The summed E-state index contributed by atoms with van der Waals surface area (Å²) in [6.07, 6.45) is 3.01. The minimum atomic E-state index is 0.690. The van der Waals surface area contributed by atoms with Gasteiger partial charge in [0.15, 0.2) is 0 Å². The summed E-state index contributed by atoms with van der Waals surface area (Å²) in [6, 6.07) is 0. The summed E-state index contributed by atoms with van der Waals surface area (Å²) < 4.78 is 0. The molecule has 1 rings (SSSR count). The van der Waals surface area contributed by atoms with Gasteiger partial charge in [-0.05, 0) is 13.3 Å². The van der Waals surface area contributed by atoms with E-state index in [-0.39, 0.29) is 0 Å². The number of hydrogen-bond acceptors (Lipinski definition) is 2. The third-order valence-corrected chi connectivity index (χ3v) is 1.53. The first-order valence-corrected chi connectivity index (χ1v) is 3.07. The molecule has 0 spiro atoms. The first kappa shape index (κ1) is 6.26. The van der Waals surface area contributed by atoms with E-state index in [0.717, 1.165) is 13.0 Å². The molecule has 0 atom stereocenters. The van der Waals surface area contributed by atoms with Crippen molar-refractivity contribution >= 4 is 0 Å². The fourth-order valence-corrected chi connectivity index (χ4v) is 0.834. The van der Waals surface area contributed by atoms with Crippen LogP contribution in [0.2, 0.25) is 0 Å². The zero-order chi connectivity index (χ0) is 6.69. The lowest BCUT2D eigenvalue weighted by Crippen LogP contribution is -2.21. The molecular weight excluding hydrogens is 116 g/mol. The topological polar surface area (TPSA) is 32.7 Å². The summed E-state index contributed by atoms with van der Waals surface area (Å²) in [6.45, 7) is 3.54. The fraction of sp³-hybridized carbons (Fsp3) is 0.667. The van der Waals surface area contributed by atoms with Gasteiger partial charge >= 0.3 is 0 Å². The summed E-state index contributed by atoms with van der Waals surface area (Å²) in [4.78, 5) is 9.91. The van der Waals surface area contributed by atoms with E-state index in [0.29, 0.717) is 6.54 Å². The summed E-state index contributed by atoms with van der Waals surface area (Å²) in [5.74, 6) is 0. The maximum atomic E-state index is 9.91. The quantitative estimate of drug-likeness (QED) is 0.392. The third-order valence-electron chi connectivity index (χ3n) is 1.53. The van der Waals surface area contributed by atoms with Gasteiger partial charge in [-0.2, -0.15) is 0 Å². The van der Waals surface area contributed by atoms with Crippen LogP contribution in [0.3, 0.4) is 0 Å². The molecule has 1 aliphatic rings. The molecule has 0 radical (unpaired) electrons. The van der Waals surface area contributed by atoms with Crippen LogP contribution in [0.4, 0.5) is 0 Å². The molecule has 0 aliphatic carbocycles. The van der Waals surface area contributed by atoms with E-state index in [4.69, 9.17) is 0 Å². The van der Waals surface area contributed by atoms with Crippen LogP contribution in [-0.2, 0) is 0 Å². The maximum Gasteiger partial charge on any atom is 0.0575 e. The number of nitroso groups, excluding NO2 is 1. The molecule has 1 heterocycles. The van der Waals surface area contributed by atoms with Gasteiger partial charge < -0.3 is 0 Å². The van der Waals surface area contributed by atoms with E-state index < -0.39 is 0 Å². The van der Waals surface area contributed by atoms with E-state index in [1.54, 1.807) is 0 Å². The average molecular weight is 126 g/mol. The van der Waals surface area contributed by atoms with Crippen molar-refractivity contribution in [1.29, 1.82) is 0 Å². The molecule has 3 heteroatoms. The van der Waals surface area contributed by atoms with E-state index in [1.165, 1.54) is 10.6 Å². The van der Waals surface area contributed by atoms with Crippen LogP contribution >= 0.6 is 0 Å². The van der Waals surface area contributed by atoms with Gasteiger partial charge in [0.1, 0.15) is 0 Å². The van der Waals surface area contributed by atoms with Crippen molar-refractivity contribution in [3.8, 4) is 0 Å². The van der Waals surface area contributed by atoms with Crippen molar-refractivity contribution in [1.82, 2.24) is 5.01 Å². The maximum absolute atomic E-state index is 9.91. The van der Waals surface area contributed by atoms with Crippen LogP contribution in [0.15, 0.2) is 16.9 Å². The molecule has 9 heavy (non-hydrogen) atoms. The van der Waals surface area contributed by atoms with Crippen LogP contribution in [0.25, 0.3) is 0 Å². The van der Waals surface area contributed by atoms with Gasteiger partial charge in [-0.3, -0.25) is 5.01 Å². The summed E-state index contributed by atoms with van der Waals surface area (Å²) in [5, 5.41) is 4.34. The van der Waals surface area contributed by atoms with Crippen molar-refractivity contribution < 1.29 is 0 Å². The molecule has 0 amide bonds. The number of nitrogens with zero attached hydrogens (tertiary/aromatic N) is 2. The average Bonchev–Trinajstić information content (AvgIpc) is 1.90. The summed E-state index contributed by atoms with van der Waals surface area (Å²) in [5.41, 5.74) is 1.36. The Bertz CT molecular complexity index is 142. The van der Waals surface area contributed by atoms with Crippen molar-refractivity contribution in [2.75, 3.05) is 13.1 Å². The predicted octanol–water partition coefficient (Wildman–Crippen LogP) is 1.32. The minimum Gasteiger partial charge on any atom is -0.257 e. The molecule has 0 saturated carbocycles. The van der Waals surface area contributed by atoms with Crippen LogP contribution in [0, 0.1) is 4.91 Å². The summed E-state index contributed by atoms with van der Waals surface area (Å²) >= 11 is 0. The smallest absolute Gasteiger partial charge is 0.0575 e. The minimum absolute atomic E-state index is 0.690. The molecule has 1 aliphatic heterocycles. The zero-order valence-corrected chi connectivity index (χ0v) is 5.50. The second-order valence-corrected chi connectivity index (χ2v) is 2.29. The molecule has 0 fully saturated rings. The Morgan fingerprint density at radius 1 is 1.78 bits per heavy atom. The molecule has 0 bridgehead atoms. The van der Waals surface area contributed by atoms with E-state index in [2.05, 4.69) is 12.2 Å². The molecule has 0 aromatic rings. The van der Waals surface area contributed by atoms with Crippen LogP contribution < -0.4 is 0 Å². The van der Waals surface area contributed by atoms with E-state index in [1.807, 2.05) is 6.08 Å². The molecule has 3 nitrogen and oxygen atoms in total. The Morgan fingerprint density at radius 3 is 3.00 bits per heavy atom. The van der Waals surface area contributed by atoms with Gasteiger partial charge in [0.2, 0.25) is 0 Å². The highest BCUT2D eigenvalue weighted by molar-refractivity contribution is 5.02. The summed E-state index contributed by atoms with van der Waals surface area (Å²) in [7, 11) is 0. The lowest BCUT2D eigenvalue weighted by molar-refractivity contribution is 0.306. The lowest BCUT2D eigenvalue weighted by atomic mass is 10.1. The Hall–Kier alpha value is -0.860. The largest absolute Gasteiger partial charge is 0.257 e. The van der Waals surface area contributed by atoms with Crippen molar-refractivity contribution in [2.45, 2.75) is 13.3 Å². The SMILES string of the molecule is CC1=CCN(N=O)CC1. The molecule has 0 unspecified atom stereocenters. The standard InChI is InChI=1S/C6H10N2O/c1-6-2-4-8(7-9)5-3-6/h2H,3-5H2,1H3. The second-order valence-electron chi connectivity index (χ2n) is 2.29. The molecule has 0 saturated heterocycles. The Balaban J connectivity index is 2.45. The first-order chi connectivity index (χ1) is 4.33. The van der Waals surface area contributed by atoms with Crippen molar-refractivity contribution in [3.63, 3.8) is 0 Å². The number of rotatable bonds is 1. The van der Waals surface area contributed by atoms with Crippen LogP contribution in [0.5, 0.6) is 0 Å². The van der Waals surface area contributed by atoms with Gasteiger partial charge in [-0.25, -0.2) is 0 Å². The van der Waals surface area contributed by atoms with Crippen molar-refractivity contribution in [2.24, 2.45) is 5.29 Å².